The highest BCUT2D eigenvalue weighted by Gasteiger charge is 2.08. The van der Waals surface area contributed by atoms with E-state index in [9.17, 15) is 15.2 Å². The van der Waals surface area contributed by atoms with Crippen molar-refractivity contribution in [3.05, 3.63) is 65.4 Å². The lowest BCUT2D eigenvalue weighted by Gasteiger charge is -2.08. The number of phenols is 1. The Balaban J connectivity index is 1.90. The second-order valence-electron chi connectivity index (χ2n) is 5.67. The summed E-state index contributed by atoms with van der Waals surface area (Å²) in [6.45, 7) is 2.24. The Morgan fingerprint density at radius 2 is 2.00 bits per heavy atom. The van der Waals surface area contributed by atoms with E-state index in [1.54, 1.807) is 19.2 Å². The minimum Gasteiger partial charge on any atom is -0.508 e. The molecule has 2 rings (SSSR count). The van der Waals surface area contributed by atoms with Gasteiger partial charge >= 0.3 is 0 Å². The Labute approximate surface area is 152 Å². The number of amides is 1. The third-order valence-electron chi connectivity index (χ3n) is 3.81. The Hall–Kier alpha value is -3.46. The normalized spacial score (nSPS) is 10.7. The Morgan fingerprint density at radius 1 is 1.27 bits per heavy atom. The first-order valence-corrected chi connectivity index (χ1v) is 8.11. The molecule has 0 fully saturated rings. The smallest absolute Gasteiger partial charge is 0.263 e. The van der Waals surface area contributed by atoms with Gasteiger partial charge in [0.1, 0.15) is 23.1 Å². The van der Waals surface area contributed by atoms with Gasteiger partial charge in [-0.05, 0) is 54.8 Å². The number of nitriles is 1. The maximum Gasteiger partial charge on any atom is 0.263 e. The van der Waals surface area contributed by atoms with Crippen LogP contribution in [0.2, 0.25) is 0 Å². The van der Waals surface area contributed by atoms with Crippen LogP contribution in [0.1, 0.15) is 11.1 Å². The van der Waals surface area contributed by atoms with E-state index in [0.717, 1.165) is 16.9 Å². The molecule has 6 heteroatoms. The number of hydrogen-bond acceptors (Lipinski definition) is 5. The third-order valence-corrected chi connectivity index (χ3v) is 3.81. The van der Waals surface area contributed by atoms with Crippen LogP contribution in [0.3, 0.4) is 0 Å². The molecule has 0 atom stereocenters. The summed E-state index contributed by atoms with van der Waals surface area (Å²) in [6.07, 6.45) is 2.01. The molecule has 0 radical (unpaired) electrons. The summed E-state index contributed by atoms with van der Waals surface area (Å²) in [5.74, 6) is 0.502. The van der Waals surface area contributed by atoms with Crippen LogP contribution in [0.25, 0.3) is 0 Å². The fourth-order valence-electron chi connectivity index (χ4n) is 2.32. The molecule has 26 heavy (non-hydrogen) atoms. The van der Waals surface area contributed by atoms with Gasteiger partial charge in [-0.3, -0.25) is 4.79 Å². The Bertz CT molecular complexity index is 836. The summed E-state index contributed by atoms with van der Waals surface area (Å²) in [7, 11) is 1.61. The first kappa shape index (κ1) is 18.9. The zero-order valence-corrected chi connectivity index (χ0v) is 14.7. The van der Waals surface area contributed by atoms with E-state index in [0.29, 0.717) is 18.7 Å². The number of carbonyl (C=O) groups is 1. The van der Waals surface area contributed by atoms with Crippen molar-refractivity contribution < 1.29 is 14.6 Å². The lowest BCUT2D eigenvalue weighted by molar-refractivity contribution is -0.117. The molecular formula is C20H21N3O3. The summed E-state index contributed by atoms with van der Waals surface area (Å²) in [5.41, 5.74) is 2.55. The first-order chi connectivity index (χ1) is 12.5. The van der Waals surface area contributed by atoms with Crippen LogP contribution in [0.5, 0.6) is 11.5 Å². The molecule has 0 saturated carbocycles. The van der Waals surface area contributed by atoms with Crippen molar-refractivity contribution in [2.75, 3.05) is 19.0 Å². The fourth-order valence-corrected chi connectivity index (χ4v) is 2.32. The third kappa shape index (κ3) is 5.28. The minimum atomic E-state index is -0.440. The molecule has 1 amide bonds. The molecule has 2 aromatic carbocycles. The summed E-state index contributed by atoms with van der Waals surface area (Å²) >= 11 is 0. The van der Waals surface area contributed by atoms with Crippen LogP contribution in [-0.4, -0.2) is 24.7 Å². The number of methoxy groups -OCH3 is 1. The highest BCUT2D eigenvalue weighted by molar-refractivity contribution is 5.97. The molecule has 0 unspecified atom stereocenters. The van der Waals surface area contributed by atoms with Gasteiger partial charge in [0.25, 0.3) is 5.91 Å². The number of anilines is 1. The van der Waals surface area contributed by atoms with Crippen LogP contribution in [0.15, 0.2) is 54.2 Å². The van der Waals surface area contributed by atoms with E-state index in [1.165, 1.54) is 12.3 Å². The number of benzene rings is 2. The maximum atomic E-state index is 12.1. The Morgan fingerprint density at radius 3 is 2.62 bits per heavy atom. The van der Waals surface area contributed by atoms with Crippen LogP contribution in [0, 0.1) is 18.3 Å². The zero-order valence-electron chi connectivity index (χ0n) is 14.7. The van der Waals surface area contributed by atoms with Gasteiger partial charge in [0, 0.05) is 18.4 Å². The topological polar surface area (TPSA) is 94.4 Å². The largest absolute Gasteiger partial charge is 0.508 e. The maximum absolute atomic E-state index is 12.1. The van der Waals surface area contributed by atoms with E-state index in [2.05, 4.69) is 10.6 Å². The highest BCUT2D eigenvalue weighted by Crippen LogP contribution is 2.20. The molecule has 0 spiro atoms. The van der Waals surface area contributed by atoms with E-state index in [-0.39, 0.29) is 11.3 Å². The van der Waals surface area contributed by atoms with Gasteiger partial charge < -0.3 is 20.5 Å². The monoisotopic (exact) mass is 351 g/mol. The molecule has 0 heterocycles. The first-order valence-electron chi connectivity index (χ1n) is 8.11. The Kier molecular flexibility index (Phi) is 6.63. The van der Waals surface area contributed by atoms with Crippen molar-refractivity contribution in [1.82, 2.24) is 5.32 Å². The molecule has 0 aliphatic rings. The average molecular weight is 351 g/mol. The van der Waals surface area contributed by atoms with Gasteiger partial charge in [0.15, 0.2) is 0 Å². The fraction of sp³-hybridized carbons (Fsp3) is 0.200. The summed E-state index contributed by atoms with van der Waals surface area (Å²) in [6, 6.07) is 14.3. The summed E-state index contributed by atoms with van der Waals surface area (Å²) in [4.78, 5) is 12.1. The molecule has 0 aliphatic heterocycles. The van der Waals surface area contributed by atoms with Crippen molar-refractivity contribution >= 4 is 11.6 Å². The van der Waals surface area contributed by atoms with Crippen LogP contribution in [-0.2, 0) is 11.2 Å². The number of ether oxygens (including phenoxy) is 1. The quantitative estimate of drug-likeness (QED) is 0.405. The highest BCUT2D eigenvalue weighted by atomic mass is 16.5. The molecule has 3 N–H and O–H groups in total. The molecule has 0 aromatic heterocycles. The van der Waals surface area contributed by atoms with Gasteiger partial charge in [0.2, 0.25) is 0 Å². The van der Waals surface area contributed by atoms with Gasteiger partial charge in [0.05, 0.1) is 7.11 Å². The molecule has 0 bridgehead atoms. The van der Waals surface area contributed by atoms with E-state index >= 15 is 0 Å². The zero-order chi connectivity index (χ0) is 18.9. The van der Waals surface area contributed by atoms with Gasteiger partial charge in [-0.15, -0.1) is 0 Å². The molecule has 6 nitrogen and oxygen atoms in total. The van der Waals surface area contributed by atoms with E-state index in [4.69, 9.17) is 4.74 Å². The number of aromatic hydroxyl groups is 1. The second-order valence-corrected chi connectivity index (χ2v) is 5.67. The molecule has 134 valence electrons. The number of aryl methyl sites for hydroxylation is 1. The molecule has 0 aliphatic carbocycles. The minimum absolute atomic E-state index is 0.0211. The summed E-state index contributed by atoms with van der Waals surface area (Å²) < 4.78 is 5.10. The SMILES string of the molecule is COc1ccc(CCNC(=O)/C(C#N)=C\Nc2ccc(O)cc2C)cc1. The van der Waals surface area contributed by atoms with Crippen LogP contribution < -0.4 is 15.4 Å². The van der Waals surface area contributed by atoms with Crippen LogP contribution >= 0.6 is 0 Å². The lowest BCUT2D eigenvalue weighted by atomic mass is 10.1. The molecule has 2 aromatic rings. The summed E-state index contributed by atoms with van der Waals surface area (Å²) in [5, 5.41) is 24.2. The number of nitrogens with one attached hydrogen (secondary N) is 2. The van der Waals surface area contributed by atoms with Crippen molar-refractivity contribution in [3.8, 4) is 17.6 Å². The number of rotatable bonds is 7. The second kappa shape index (κ2) is 9.14. The number of hydrogen-bond donors (Lipinski definition) is 3. The standard InChI is InChI=1S/C20H21N3O3/c1-14-11-17(24)5-8-19(14)23-13-16(12-21)20(25)22-10-9-15-3-6-18(26-2)7-4-15/h3-8,11,13,23-24H,9-10H2,1-2H3,(H,22,25)/b16-13-. The number of phenolic OH excluding ortho intramolecular Hbond substituents is 1. The number of nitrogens with zero attached hydrogens (tertiary/aromatic N) is 1. The van der Waals surface area contributed by atoms with E-state index in [1.807, 2.05) is 37.3 Å². The van der Waals surface area contributed by atoms with E-state index < -0.39 is 5.91 Å². The van der Waals surface area contributed by atoms with Gasteiger partial charge in [-0.2, -0.15) is 5.26 Å². The van der Waals surface area contributed by atoms with Gasteiger partial charge in [-0.25, -0.2) is 0 Å². The van der Waals surface area contributed by atoms with Crippen LogP contribution in [0.4, 0.5) is 5.69 Å². The van der Waals surface area contributed by atoms with Crippen molar-refractivity contribution in [2.45, 2.75) is 13.3 Å². The average Bonchev–Trinajstić information content (AvgIpc) is 2.64. The van der Waals surface area contributed by atoms with Gasteiger partial charge in [-0.1, -0.05) is 12.1 Å². The lowest BCUT2D eigenvalue weighted by Crippen LogP contribution is -2.27. The molecular weight excluding hydrogens is 330 g/mol. The van der Waals surface area contributed by atoms with Crippen molar-refractivity contribution in [2.24, 2.45) is 0 Å². The predicted molar refractivity (Wildman–Crippen MR) is 99.9 cm³/mol. The molecule has 0 saturated heterocycles. The number of carbonyl (C=O) groups excluding carboxylic acids is 1. The predicted octanol–water partition coefficient (Wildman–Crippen LogP) is 2.89. The van der Waals surface area contributed by atoms with Crippen molar-refractivity contribution in [1.29, 1.82) is 5.26 Å². The van der Waals surface area contributed by atoms with Crippen molar-refractivity contribution in [3.63, 3.8) is 0 Å².